The molecule has 0 atom stereocenters. The fraction of sp³-hybridized carbons (Fsp3) is 0.409. The fourth-order valence-electron chi connectivity index (χ4n) is 3.36. The molecule has 28 heavy (non-hydrogen) atoms. The number of ether oxygens (including phenoxy) is 1. The van der Waals surface area contributed by atoms with Crippen LogP contribution in [0.4, 0.5) is 0 Å². The molecule has 0 amide bonds. The average Bonchev–Trinajstić information content (AvgIpc) is 2.73. The number of hydrogen-bond acceptors (Lipinski definition) is 4. The highest BCUT2D eigenvalue weighted by molar-refractivity contribution is 5.80. The Hall–Kier alpha value is -2.73. The molecular formula is C22H30N4O2. The molecule has 1 heterocycles. The normalized spacial score (nSPS) is 15.5. The Bertz CT molecular complexity index is 771. The largest absolute Gasteiger partial charge is 0.508 e. The minimum atomic E-state index is 0.244. The molecule has 1 aliphatic rings. The lowest BCUT2D eigenvalue weighted by atomic mass is 10.2. The van der Waals surface area contributed by atoms with Crippen LogP contribution in [0.25, 0.3) is 0 Å². The van der Waals surface area contributed by atoms with Gasteiger partial charge in [-0.25, -0.2) is 4.99 Å². The number of aromatic hydroxyl groups is 1. The van der Waals surface area contributed by atoms with Crippen molar-refractivity contribution in [2.24, 2.45) is 4.99 Å². The van der Waals surface area contributed by atoms with Crippen LogP contribution < -0.4 is 10.1 Å². The number of methoxy groups -OCH3 is 1. The Kier molecular flexibility index (Phi) is 7.14. The molecule has 150 valence electrons. The number of phenolic OH excluding ortho intramolecular Hbond substituents is 1. The maximum absolute atomic E-state index is 10.1. The lowest BCUT2D eigenvalue weighted by molar-refractivity contribution is 0.172. The first-order valence-electron chi connectivity index (χ1n) is 9.85. The standard InChI is InChI=1S/C22H30N4O2/c1-3-23-22(24-16-19-15-20(28-2)9-10-21(19)27)26-13-11-25(12-14-26)17-18-7-5-4-6-8-18/h4-10,15,27H,3,11-14,16-17H2,1-2H3,(H,23,24). The van der Waals surface area contributed by atoms with Gasteiger partial charge in [-0.1, -0.05) is 30.3 Å². The zero-order valence-electron chi connectivity index (χ0n) is 16.8. The highest BCUT2D eigenvalue weighted by Crippen LogP contribution is 2.23. The summed E-state index contributed by atoms with van der Waals surface area (Å²) < 4.78 is 5.25. The van der Waals surface area contributed by atoms with Crippen LogP contribution in [0.5, 0.6) is 11.5 Å². The van der Waals surface area contributed by atoms with Crippen molar-refractivity contribution >= 4 is 5.96 Å². The van der Waals surface area contributed by atoms with Crippen LogP contribution in [0.1, 0.15) is 18.1 Å². The lowest BCUT2D eigenvalue weighted by Crippen LogP contribution is -2.52. The Morgan fingerprint density at radius 1 is 1.11 bits per heavy atom. The van der Waals surface area contributed by atoms with E-state index >= 15 is 0 Å². The van der Waals surface area contributed by atoms with Crippen LogP contribution >= 0.6 is 0 Å². The summed E-state index contributed by atoms with van der Waals surface area (Å²) in [6.45, 7) is 8.16. The molecule has 0 saturated carbocycles. The van der Waals surface area contributed by atoms with E-state index in [2.05, 4.69) is 52.4 Å². The second kappa shape index (κ2) is 9.99. The Labute approximate surface area is 167 Å². The molecule has 1 aliphatic heterocycles. The maximum Gasteiger partial charge on any atom is 0.194 e. The van der Waals surface area contributed by atoms with Crippen molar-refractivity contribution in [1.29, 1.82) is 0 Å². The van der Waals surface area contributed by atoms with E-state index in [0.29, 0.717) is 6.54 Å². The predicted octanol–water partition coefficient (Wildman–Crippen LogP) is 2.68. The molecule has 6 heteroatoms. The van der Waals surface area contributed by atoms with E-state index in [9.17, 15) is 5.11 Å². The number of nitrogens with zero attached hydrogens (tertiary/aromatic N) is 3. The van der Waals surface area contributed by atoms with Gasteiger partial charge in [-0.3, -0.25) is 4.90 Å². The molecule has 2 aromatic carbocycles. The summed E-state index contributed by atoms with van der Waals surface area (Å²) in [4.78, 5) is 9.52. The van der Waals surface area contributed by atoms with Crippen LogP contribution in [0, 0.1) is 0 Å². The van der Waals surface area contributed by atoms with Crippen molar-refractivity contribution < 1.29 is 9.84 Å². The monoisotopic (exact) mass is 382 g/mol. The summed E-state index contributed by atoms with van der Waals surface area (Å²) in [5, 5.41) is 13.5. The zero-order valence-corrected chi connectivity index (χ0v) is 16.8. The molecule has 0 spiro atoms. The highest BCUT2D eigenvalue weighted by atomic mass is 16.5. The van der Waals surface area contributed by atoms with Crippen molar-refractivity contribution in [3.05, 3.63) is 59.7 Å². The van der Waals surface area contributed by atoms with Gasteiger partial charge in [0.2, 0.25) is 0 Å². The minimum Gasteiger partial charge on any atom is -0.508 e. The van der Waals surface area contributed by atoms with E-state index < -0.39 is 0 Å². The number of nitrogens with one attached hydrogen (secondary N) is 1. The maximum atomic E-state index is 10.1. The number of hydrogen-bond donors (Lipinski definition) is 2. The van der Waals surface area contributed by atoms with Crippen LogP contribution in [0.3, 0.4) is 0 Å². The van der Waals surface area contributed by atoms with Gasteiger partial charge >= 0.3 is 0 Å². The van der Waals surface area contributed by atoms with Crippen molar-refractivity contribution in [3.8, 4) is 11.5 Å². The van der Waals surface area contributed by atoms with Gasteiger partial charge in [-0.05, 0) is 30.7 Å². The molecule has 3 rings (SSSR count). The zero-order chi connectivity index (χ0) is 19.8. The molecule has 0 aliphatic carbocycles. The fourth-order valence-corrected chi connectivity index (χ4v) is 3.36. The van der Waals surface area contributed by atoms with Gasteiger partial charge in [0, 0.05) is 44.8 Å². The van der Waals surface area contributed by atoms with Crippen LogP contribution in [-0.4, -0.2) is 60.7 Å². The number of phenols is 1. The second-order valence-electron chi connectivity index (χ2n) is 6.91. The Balaban J connectivity index is 1.60. The summed E-state index contributed by atoms with van der Waals surface area (Å²) in [6.07, 6.45) is 0. The van der Waals surface area contributed by atoms with Crippen molar-refractivity contribution in [2.45, 2.75) is 20.0 Å². The third kappa shape index (κ3) is 5.39. The summed E-state index contributed by atoms with van der Waals surface area (Å²) >= 11 is 0. The summed E-state index contributed by atoms with van der Waals surface area (Å²) in [5.41, 5.74) is 2.11. The van der Waals surface area contributed by atoms with Gasteiger partial charge in [-0.15, -0.1) is 0 Å². The van der Waals surface area contributed by atoms with Gasteiger partial charge in [0.25, 0.3) is 0 Å². The van der Waals surface area contributed by atoms with E-state index in [-0.39, 0.29) is 5.75 Å². The second-order valence-corrected chi connectivity index (χ2v) is 6.91. The number of benzene rings is 2. The molecule has 0 radical (unpaired) electrons. The summed E-state index contributed by atoms with van der Waals surface area (Å²) in [6, 6.07) is 15.8. The van der Waals surface area contributed by atoms with Crippen molar-refractivity contribution in [1.82, 2.24) is 15.1 Å². The Morgan fingerprint density at radius 3 is 2.54 bits per heavy atom. The minimum absolute atomic E-state index is 0.244. The number of rotatable bonds is 6. The summed E-state index contributed by atoms with van der Waals surface area (Å²) in [5.74, 6) is 1.86. The molecule has 2 N–H and O–H groups in total. The van der Waals surface area contributed by atoms with Gasteiger partial charge in [0.15, 0.2) is 5.96 Å². The van der Waals surface area contributed by atoms with E-state index in [4.69, 9.17) is 9.73 Å². The van der Waals surface area contributed by atoms with Crippen molar-refractivity contribution in [3.63, 3.8) is 0 Å². The van der Waals surface area contributed by atoms with Gasteiger partial charge in [0.05, 0.1) is 13.7 Å². The first-order valence-corrected chi connectivity index (χ1v) is 9.85. The molecule has 1 fully saturated rings. The Morgan fingerprint density at radius 2 is 1.86 bits per heavy atom. The summed E-state index contributed by atoms with van der Waals surface area (Å²) in [7, 11) is 1.62. The quantitative estimate of drug-likeness (QED) is 0.594. The van der Waals surface area contributed by atoms with Crippen LogP contribution in [0.15, 0.2) is 53.5 Å². The van der Waals surface area contributed by atoms with Crippen LogP contribution in [0.2, 0.25) is 0 Å². The number of guanidine groups is 1. The molecule has 0 unspecified atom stereocenters. The third-order valence-corrected chi connectivity index (χ3v) is 4.94. The first-order chi connectivity index (χ1) is 13.7. The molecular weight excluding hydrogens is 352 g/mol. The van der Waals surface area contributed by atoms with E-state index in [1.165, 1.54) is 5.56 Å². The van der Waals surface area contributed by atoms with E-state index in [0.717, 1.165) is 56.5 Å². The van der Waals surface area contributed by atoms with Crippen molar-refractivity contribution in [2.75, 3.05) is 39.8 Å². The van der Waals surface area contributed by atoms with Crippen LogP contribution in [-0.2, 0) is 13.1 Å². The van der Waals surface area contributed by atoms with Gasteiger partial charge in [-0.2, -0.15) is 0 Å². The number of aliphatic imine (C=N–C) groups is 1. The predicted molar refractivity (Wildman–Crippen MR) is 113 cm³/mol. The molecule has 0 aromatic heterocycles. The topological polar surface area (TPSA) is 60.3 Å². The molecule has 6 nitrogen and oxygen atoms in total. The third-order valence-electron chi connectivity index (χ3n) is 4.94. The molecule has 2 aromatic rings. The SMILES string of the molecule is CCNC(=NCc1cc(OC)ccc1O)N1CCN(Cc2ccccc2)CC1. The average molecular weight is 383 g/mol. The highest BCUT2D eigenvalue weighted by Gasteiger charge is 2.19. The van der Waals surface area contributed by atoms with E-state index in [1.54, 1.807) is 19.2 Å². The number of piperazine rings is 1. The smallest absolute Gasteiger partial charge is 0.194 e. The van der Waals surface area contributed by atoms with Gasteiger partial charge < -0.3 is 20.1 Å². The first kappa shape index (κ1) is 20.0. The molecule has 0 bridgehead atoms. The van der Waals surface area contributed by atoms with E-state index in [1.807, 2.05) is 6.07 Å². The lowest BCUT2D eigenvalue weighted by Gasteiger charge is -2.36. The van der Waals surface area contributed by atoms with Gasteiger partial charge in [0.1, 0.15) is 11.5 Å². The molecule has 1 saturated heterocycles.